The lowest BCUT2D eigenvalue weighted by molar-refractivity contribution is 0.228. The minimum Gasteiger partial charge on any atom is -0.489 e. The van der Waals surface area contributed by atoms with Crippen LogP contribution in [0, 0.1) is 11.8 Å². The minimum absolute atomic E-state index is 0.395. The van der Waals surface area contributed by atoms with Crippen LogP contribution in [-0.2, 0) is 0 Å². The number of fused-ring (bicyclic) bond motifs is 1. The molecule has 2 rings (SSSR count). The number of rotatable bonds is 6. The van der Waals surface area contributed by atoms with Crippen molar-refractivity contribution in [2.24, 2.45) is 11.8 Å². The van der Waals surface area contributed by atoms with Crippen molar-refractivity contribution in [3.8, 4) is 11.5 Å². The van der Waals surface area contributed by atoms with Crippen LogP contribution in [0.1, 0.15) is 56.8 Å². The zero-order chi connectivity index (χ0) is 15.2. The maximum Gasteiger partial charge on any atom is 0.161 e. The Morgan fingerprint density at radius 2 is 1.71 bits per heavy atom. The van der Waals surface area contributed by atoms with Gasteiger partial charge in [0.2, 0.25) is 0 Å². The smallest absolute Gasteiger partial charge is 0.161 e. The van der Waals surface area contributed by atoms with Gasteiger partial charge in [0.05, 0.1) is 13.2 Å². The molecule has 0 spiro atoms. The van der Waals surface area contributed by atoms with E-state index in [1.807, 2.05) is 0 Å². The fraction of sp³-hybridized carbons (Fsp3) is 0.667. The van der Waals surface area contributed by atoms with Crippen LogP contribution < -0.4 is 9.47 Å². The molecule has 1 aromatic carbocycles. The van der Waals surface area contributed by atoms with Gasteiger partial charge in [0.1, 0.15) is 0 Å². The monoisotopic (exact) mass is 354 g/mol. The van der Waals surface area contributed by atoms with E-state index in [0.717, 1.165) is 24.7 Å². The van der Waals surface area contributed by atoms with Crippen LogP contribution in [0.15, 0.2) is 18.2 Å². The molecule has 1 heterocycles. The van der Waals surface area contributed by atoms with Gasteiger partial charge in [0, 0.05) is 10.7 Å². The number of hydrogen-bond acceptors (Lipinski definition) is 2. The Kier molecular flexibility index (Phi) is 6.40. The van der Waals surface area contributed by atoms with Crippen LogP contribution in [0.2, 0.25) is 0 Å². The summed E-state index contributed by atoms with van der Waals surface area (Å²) in [5.41, 5.74) is 1.30. The topological polar surface area (TPSA) is 18.5 Å². The molecule has 0 N–H and O–H groups in total. The van der Waals surface area contributed by atoms with Crippen LogP contribution in [0.3, 0.4) is 0 Å². The first-order valence-electron chi connectivity index (χ1n) is 8.19. The first-order chi connectivity index (χ1) is 10.2. The van der Waals surface area contributed by atoms with Gasteiger partial charge in [-0.1, -0.05) is 55.6 Å². The van der Waals surface area contributed by atoms with Gasteiger partial charge in [0.25, 0.3) is 0 Å². The molecule has 0 aliphatic carbocycles. The van der Waals surface area contributed by atoms with Crippen molar-refractivity contribution in [1.29, 1.82) is 0 Å². The highest BCUT2D eigenvalue weighted by Crippen LogP contribution is 2.40. The van der Waals surface area contributed by atoms with Crippen LogP contribution in [0.5, 0.6) is 11.5 Å². The van der Waals surface area contributed by atoms with Gasteiger partial charge < -0.3 is 9.47 Å². The molecule has 0 bridgehead atoms. The summed E-state index contributed by atoms with van der Waals surface area (Å²) in [6, 6.07) is 6.40. The summed E-state index contributed by atoms with van der Waals surface area (Å²) in [5, 5.41) is 0. The summed E-state index contributed by atoms with van der Waals surface area (Å²) in [6.07, 6.45) is 4.98. The van der Waals surface area contributed by atoms with Gasteiger partial charge in [-0.2, -0.15) is 0 Å². The van der Waals surface area contributed by atoms with Crippen molar-refractivity contribution in [2.45, 2.75) is 51.3 Å². The van der Waals surface area contributed by atoms with E-state index >= 15 is 0 Å². The lowest BCUT2D eigenvalue weighted by Gasteiger charge is -2.23. The fourth-order valence-corrected chi connectivity index (χ4v) is 3.70. The number of hydrogen-bond donors (Lipinski definition) is 0. The molecule has 1 aliphatic heterocycles. The zero-order valence-corrected chi connectivity index (χ0v) is 15.0. The Morgan fingerprint density at radius 3 is 2.33 bits per heavy atom. The highest BCUT2D eigenvalue weighted by atomic mass is 79.9. The molecule has 0 amide bonds. The molecular formula is C18H27BrO2. The number of benzene rings is 1. The van der Waals surface area contributed by atoms with E-state index in [-0.39, 0.29) is 0 Å². The van der Waals surface area contributed by atoms with Crippen LogP contribution >= 0.6 is 15.9 Å². The quantitative estimate of drug-likeness (QED) is 0.605. The van der Waals surface area contributed by atoms with Crippen molar-refractivity contribution in [3.05, 3.63) is 23.8 Å². The molecule has 21 heavy (non-hydrogen) atoms. The van der Waals surface area contributed by atoms with Gasteiger partial charge in [-0.15, -0.1) is 0 Å². The van der Waals surface area contributed by atoms with E-state index in [0.29, 0.717) is 16.7 Å². The number of alkyl halides is 1. The highest BCUT2D eigenvalue weighted by molar-refractivity contribution is 9.09. The maximum atomic E-state index is 5.91. The third kappa shape index (κ3) is 4.38. The molecule has 0 radical (unpaired) electrons. The molecule has 0 saturated heterocycles. The largest absolute Gasteiger partial charge is 0.489 e. The molecule has 0 saturated carbocycles. The molecule has 2 atom stereocenters. The second-order valence-corrected chi connectivity index (χ2v) is 7.16. The summed E-state index contributed by atoms with van der Waals surface area (Å²) in [7, 11) is 0. The standard InChI is InChI=1S/C18H27BrO2/c1-4-6-14(7-5-2)18(19)15-8-9-16-17(10-15)21-12-13(3)11-20-16/h8-10,13-14,18H,4-7,11-12H2,1-3H3. The lowest BCUT2D eigenvalue weighted by Crippen LogP contribution is -2.12. The molecule has 3 heteroatoms. The Balaban J connectivity index is 2.16. The Labute approximate surface area is 137 Å². The molecule has 0 fully saturated rings. The SMILES string of the molecule is CCCC(CCC)C(Br)c1ccc2c(c1)OCC(C)CO2. The van der Waals surface area contributed by atoms with Gasteiger partial charge in [-0.25, -0.2) is 0 Å². The molecule has 2 unspecified atom stereocenters. The average molecular weight is 355 g/mol. The fourth-order valence-electron chi connectivity index (χ4n) is 2.89. The molecular weight excluding hydrogens is 328 g/mol. The van der Waals surface area contributed by atoms with E-state index in [4.69, 9.17) is 9.47 Å². The van der Waals surface area contributed by atoms with Gasteiger partial charge in [-0.05, 0) is 36.5 Å². The zero-order valence-electron chi connectivity index (χ0n) is 13.4. The van der Waals surface area contributed by atoms with Crippen molar-refractivity contribution in [2.75, 3.05) is 13.2 Å². The van der Waals surface area contributed by atoms with Crippen LogP contribution in [-0.4, -0.2) is 13.2 Å². The summed E-state index contributed by atoms with van der Waals surface area (Å²) in [6.45, 7) is 8.14. The Bertz CT molecular complexity index is 441. The van der Waals surface area contributed by atoms with E-state index < -0.39 is 0 Å². The average Bonchev–Trinajstić information content (AvgIpc) is 2.68. The molecule has 1 aromatic rings. The van der Waals surface area contributed by atoms with Crippen LogP contribution in [0.25, 0.3) is 0 Å². The van der Waals surface area contributed by atoms with Gasteiger partial charge in [0.15, 0.2) is 11.5 Å². The summed E-state index contributed by atoms with van der Waals surface area (Å²) < 4.78 is 11.7. The van der Waals surface area contributed by atoms with Gasteiger partial charge >= 0.3 is 0 Å². The lowest BCUT2D eigenvalue weighted by atomic mass is 9.91. The third-order valence-electron chi connectivity index (χ3n) is 4.07. The predicted molar refractivity (Wildman–Crippen MR) is 91.6 cm³/mol. The van der Waals surface area contributed by atoms with Crippen molar-refractivity contribution in [1.82, 2.24) is 0 Å². The first kappa shape index (κ1) is 16.7. The second kappa shape index (κ2) is 8.07. The molecule has 2 nitrogen and oxygen atoms in total. The number of ether oxygens (including phenoxy) is 2. The first-order valence-corrected chi connectivity index (χ1v) is 9.10. The van der Waals surface area contributed by atoms with Crippen molar-refractivity contribution >= 4 is 15.9 Å². The van der Waals surface area contributed by atoms with Crippen LogP contribution in [0.4, 0.5) is 0 Å². The Morgan fingerprint density at radius 1 is 1.10 bits per heavy atom. The maximum absolute atomic E-state index is 5.91. The van der Waals surface area contributed by atoms with E-state index in [1.54, 1.807) is 0 Å². The van der Waals surface area contributed by atoms with E-state index in [9.17, 15) is 0 Å². The third-order valence-corrected chi connectivity index (χ3v) is 5.34. The van der Waals surface area contributed by atoms with Gasteiger partial charge in [-0.3, -0.25) is 0 Å². The second-order valence-electron chi connectivity index (χ2n) is 6.17. The van der Waals surface area contributed by atoms with Crippen molar-refractivity contribution < 1.29 is 9.47 Å². The summed E-state index contributed by atoms with van der Waals surface area (Å²) in [5.74, 6) is 2.90. The molecule has 1 aliphatic rings. The number of halogens is 1. The normalized spacial score (nSPS) is 19.4. The van der Waals surface area contributed by atoms with Crippen molar-refractivity contribution in [3.63, 3.8) is 0 Å². The summed E-state index contributed by atoms with van der Waals surface area (Å²) in [4.78, 5) is 0.395. The summed E-state index contributed by atoms with van der Waals surface area (Å²) >= 11 is 3.92. The predicted octanol–water partition coefficient (Wildman–Crippen LogP) is 5.75. The highest BCUT2D eigenvalue weighted by Gasteiger charge is 2.22. The van der Waals surface area contributed by atoms with E-state index in [2.05, 4.69) is 54.9 Å². The Hall–Kier alpha value is -0.700. The molecule has 0 aromatic heterocycles. The minimum atomic E-state index is 0.395. The molecule has 118 valence electrons. The van der Waals surface area contributed by atoms with E-state index in [1.165, 1.54) is 31.2 Å².